The van der Waals surface area contributed by atoms with Gasteiger partial charge in [0.1, 0.15) is 6.10 Å². The van der Waals surface area contributed by atoms with Crippen LogP contribution in [0, 0.1) is 11.8 Å². The van der Waals surface area contributed by atoms with Gasteiger partial charge in [-0.25, -0.2) is 0 Å². The van der Waals surface area contributed by atoms with Gasteiger partial charge in [0.25, 0.3) is 0 Å². The zero-order chi connectivity index (χ0) is 10.1. The Balaban J connectivity index is 1.97. The Morgan fingerprint density at radius 3 is 3.07 bits per heavy atom. The number of carbonyl (C=O) groups excluding carboxylic acids is 1. The minimum absolute atomic E-state index is 0.0133. The normalized spacial score (nSPS) is 41.1. The molecule has 14 heavy (non-hydrogen) atoms. The average molecular weight is 198 g/mol. The standard InChI is InChI=1S/C11H18O3/c1-2-3-4-7-8-5-11(13)14-10(8)6-9(7)12/h7-10,12H,2-6H2,1H3/t7-,8-,9-,10+/m1/s1. The summed E-state index contributed by atoms with van der Waals surface area (Å²) in [6, 6.07) is 0. The predicted octanol–water partition coefficient (Wildman–Crippen LogP) is 1.49. The van der Waals surface area contributed by atoms with Gasteiger partial charge in [-0.1, -0.05) is 19.8 Å². The van der Waals surface area contributed by atoms with E-state index in [1.54, 1.807) is 0 Å². The van der Waals surface area contributed by atoms with Crippen LogP contribution in [0.1, 0.15) is 39.0 Å². The molecule has 80 valence electrons. The monoisotopic (exact) mass is 198 g/mol. The van der Waals surface area contributed by atoms with Crippen molar-refractivity contribution in [3.63, 3.8) is 0 Å². The second-order valence-electron chi connectivity index (χ2n) is 4.51. The maximum Gasteiger partial charge on any atom is 0.306 e. The summed E-state index contributed by atoms with van der Waals surface area (Å²) in [7, 11) is 0. The number of unbranched alkanes of at least 4 members (excludes halogenated alkanes) is 1. The van der Waals surface area contributed by atoms with Crippen molar-refractivity contribution in [3.05, 3.63) is 0 Å². The van der Waals surface area contributed by atoms with Crippen LogP contribution in [0.5, 0.6) is 0 Å². The number of aliphatic hydroxyl groups is 1. The number of carbonyl (C=O) groups is 1. The number of ether oxygens (including phenoxy) is 1. The Kier molecular flexibility index (Phi) is 2.77. The number of hydrogen-bond acceptors (Lipinski definition) is 3. The lowest BCUT2D eigenvalue weighted by atomic mass is 9.88. The van der Waals surface area contributed by atoms with E-state index >= 15 is 0 Å². The summed E-state index contributed by atoms with van der Waals surface area (Å²) in [6.45, 7) is 2.15. The quantitative estimate of drug-likeness (QED) is 0.699. The van der Waals surface area contributed by atoms with E-state index in [0.717, 1.165) is 19.3 Å². The molecule has 2 aliphatic rings. The second kappa shape index (κ2) is 3.89. The second-order valence-corrected chi connectivity index (χ2v) is 4.51. The van der Waals surface area contributed by atoms with Crippen LogP contribution in [0.25, 0.3) is 0 Å². The first-order valence-corrected chi connectivity index (χ1v) is 5.60. The molecule has 2 fully saturated rings. The van der Waals surface area contributed by atoms with Crippen molar-refractivity contribution < 1.29 is 14.6 Å². The Morgan fingerprint density at radius 1 is 1.57 bits per heavy atom. The lowest BCUT2D eigenvalue weighted by Crippen LogP contribution is -2.19. The van der Waals surface area contributed by atoms with Crippen LogP contribution in [0.2, 0.25) is 0 Å². The lowest BCUT2D eigenvalue weighted by molar-refractivity contribution is -0.141. The molecular formula is C11H18O3. The van der Waals surface area contributed by atoms with E-state index in [1.807, 2.05) is 0 Å². The molecular weight excluding hydrogens is 180 g/mol. The molecule has 1 N–H and O–H groups in total. The molecule has 3 nitrogen and oxygen atoms in total. The highest BCUT2D eigenvalue weighted by Gasteiger charge is 2.48. The zero-order valence-electron chi connectivity index (χ0n) is 8.61. The summed E-state index contributed by atoms with van der Waals surface area (Å²) in [5.41, 5.74) is 0. The number of hydrogen-bond donors (Lipinski definition) is 1. The molecule has 0 aromatic rings. The van der Waals surface area contributed by atoms with Gasteiger partial charge >= 0.3 is 5.97 Å². The van der Waals surface area contributed by atoms with E-state index in [9.17, 15) is 9.90 Å². The first kappa shape index (κ1) is 9.97. The Morgan fingerprint density at radius 2 is 2.36 bits per heavy atom. The maximum absolute atomic E-state index is 11.1. The number of fused-ring (bicyclic) bond motifs is 1. The van der Waals surface area contributed by atoms with E-state index in [1.165, 1.54) is 0 Å². The number of rotatable bonds is 3. The van der Waals surface area contributed by atoms with Crippen LogP contribution in [0.3, 0.4) is 0 Å². The van der Waals surface area contributed by atoms with Crippen molar-refractivity contribution in [2.24, 2.45) is 11.8 Å². The minimum Gasteiger partial charge on any atom is -0.462 e. The van der Waals surface area contributed by atoms with Gasteiger partial charge < -0.3 is 9.84 Å². The molecule has 2 rings (SSSR count). The van der Waals surface area contributed by atoms with Gasteiger partial charge in [0.05, 0.1) is 12.5 Å². The van der Waals surface area contributed by atoms with E-state index < -0.39 is 0 Å². The number of esters is 1. The third-order valence-electron chi connectivity index (χ3n) is 3.57. The first-order chi connectivity index (χ1) is 6.72. The van der Waals surface area contributed by atoms with Gasteiger partial charge in [0.2, 0.25) is 0 Å². The van der Waals surface area contributed by atoms with Crippen molar-refractivity contribution in [2.45, 2.75) is 51.2 Å². The predicted molar refractivity (Wildman–Crippen MR) is 51.6 cm³/mol. The van der Waals surface area contributed by atoms with Gasteiger partial charge in [0, 0.05) is 12.3 Å². The topological polar surface area (TPSA) is 46.5 Å². The van der Waals surface area contributed by atoms with E-state index in [4.69, 9.17) is 4.74 Å². The fourth-order valence-electron chi connectivity index (χ4n) is 2.82. The molecule has 0 radical (unpaired) electrons. The van der Waals surface area contributed by atoms with Crippen LogP contribution >= 0.6 is 0 Å². The molecule has 0 bridgehead atoms. The third kappa shape index (κ3) is 1.65. The van der Waals surface area contributed by atoms with Crippen LogP contribution in [0.15, 0.2) is 0 Å². The first-order valence-electron chi connectivity index (χ1n) is 5.60. The van der Waals surface area contributed by atoms with Crippen molar-refractivity contribution in [1.29, 1.82) is 0 Å². The molecule has 0 amide bonds. The molecule has 1 aliphatic carbocycles. The van der Waals surface area contributed by atoms with E-state index in [0.29, 0.717) is 24.7 Å². The summed E-state index contributed by atoms with van der Waals surface area (Å²) >= 11 is 0. The van der Waals surface area contributed by atoms with Gasteiger partial charge in [-0.05, 0) is 12.3 Å². The highest BCUT2D eigenvalue weighted by molar-refractivity contribution is 5.72. The Hall–Kier alpha value is -0.570. The fraction of sp³-hybridized carbons (Fsp3) is 0.909. The zero-order valence-corrected chi connectivity index (χ0v) is 8.61. The Bertz CT molecular complexity index is 227. The molecule has 3 heteroatoms. The van der Waals surface area contributed by atoms with Crippen molar-refractivity contribution in [1.82, 2.24) is 0 Å². The van der Waals surface area contributed by atoms with Crippen molar-refractivity contribution in [3.8, 4) is 0 Å². The summed E-state index contributed by atoms with van der Waals surface area (Å²) in [4.78, 5) is 11.1. The fourth-order valence-corrected chi connectivity index (χ4v) is 2.82. The molecule has 0 aromatic carbocycles. The third-order valence-corrected chi connectivity index (χ3v) is 3.57. The molecule has 0 unspecified atom stereocenters. The molecule has 1 heterocycles. The van der Waals surface area contributed by atoms with Crippen molar-refractivity contribution in [2.75, 3.05) is 0 Å². The highest BCUT2D eigenvalue weighted by atomic mass is 16.6. The summed E-state index contributed by atoms with van der Waals surface area (Å²) < 4.78 is 5.17. The van der Waals surface area contributed by atoms with E-state index in [-0.39, 0.29) is 18.2 Å². The van der Waals surface area contributed by atoms with Crippen LogP contribution in [-0.2, 0) is 9.53 Å². The molecule has 1 saturated carbocycles. The largest absolute Gasteiger partial charge is 0.462 e. The van der Waals surface area contributed by atoms with Crippen LogP contribution in [0.4, 0.5) is 0 Å². The summed E-state index contributed by atoms with van der Waals surface area (Å²) in [5, 5.41) is 9.82. The molecule has 1 saturated heterocycles. The maximum atomic E-state index is 11.1. The lowest BCUT2D eigenvalue weighted by Gasteiger charge is -2.18. The summed E-state index contributed by atoms with van der Waals surface area (Å²) in [6.07, 6.45) is 4.27. The number of aliphatic hydroxyl groups excluding tert-OH is 1. The molecule has 1 aliphatic heterocycles. The van der Waals surface area contributed by atoms with Gasteiger partial charge in [-0.15, -0.1) is 0 Å². The van der Waals surface area contributed by atoms with Gasteiger partial charge in [-0.3, -0.25) is 4.79 Å². The van der Waals surface area contributed by atoms with Gasteiger partial charge in [-0.2, -0.15) is 0 Å². The van der Waals surface area contributed by atoms with Crippen LogP contribution < -0.4 is 0 Å². The summed E-state index contributed by atoms with van der Waals surface area (Å²) in [5.74, 6) is 0.517. The van der Waals surface area contributed by atoms with Crippen molar-refractivity contribution >= 4 is 5.97 Å². The SMILES string of the molecule is CCCC[C@@H]1[C@H]2CC(=O)O[C@H]2C[C@H]1O. The van der Waals surface area contributed by atoms with Gasteiger partial charge in [0.15, 0.2) is 0 Å². The molecule has 0 spiro atoms. The van der Waals surface area contributed by atoms with E-state index in [2.05, 4.69) is 6.92 Å². The minimum atomic E-state index is -0.246. The smallest absolute Gasteiger partial charge is 0.306 e. The molecule has 0 aromatic heterocycles. The average Bonchev–Trinajstić information content (AvgIpc) is 2.58. The highest BCUT2D eigenvalue weighted by Crippen LogP contribution is 2.43. The molecule has 4 atom stereocenters. The van der Waals surface area contributed by atoms with Crippen LogP contribution in [-0.4, -0.2) is 23.3 Å². The Labute approximate surface area is 84.4 Å².